The minimum Gasteiger partial charge on any atom is -0.451 e. The molecule has 0 aromatic heterocycles. The van der Waals surface area contributed by atoms with E-state index in [-0.39, 0.29) is 5.97 Å². The van der Waals surface area contributed by atoms with Gasteiger partial charge in [0, 0.05) is 0 Å². The predicted molar refractivity (Wildman–Crippen MR) is 56.2 cm³/mol. The molecule has 2 unspecified atom stereocenters. The smallest absolute Gasteiger partial charge is 0.338 e. The maximum atomic E-state index is 11.5. The zero-order chi connectivity index (χ0) is 10.8. The summed E-state index contributed by atoms with van der Waals surface area (Å²) in [6, 6.07) is 0. The molecule has 3 nitrogen and oxygen atoms in total. The molecule has 0 bridgehead atoms. The van der Waals surface area contributed by atoms with E-state index < -0.39 is 12.2 Å². The van der Waals surface area contributed by atoms with Crippen LogP contribution in [-0.4, -0.2) is 23.3 Å². The molecule has 0 saturated heterocycles. The molecule has 2 rings (SSSR count). The molecule has 1 heterocycles. The van der Waals surface area contributed by atoms with Crippen molar-refractivity contribution < 1.29 is 14.6 Å². The molecule has 0 aromatic carbocycles. The van der Waals surface area contributed by atoms with Crippen molar-refractivity contribution in [3.63, 3.8) is 0 Å². The third kappa shape index (κ3) is 1.84. The molecular weight excluding hydrogens is 192 g/mol. The minimum absolute atomic E-state index is 0.277. The van der Waals surface area contributed by atoms with Crippen LogP contribution in [0.4, 0.5) is 0 Å². The van der Waals surface area contributed by atoms with Crippen molar-refractivity contribution >= 4 is 5.97 Å². The zero-order valence-corrected chi connectivity index (χ0v) is 8.90. The summed E-state index contributed by atoms with van der Waals surface area (Å²) in [6.45, 7) is 2.01. The Hall–Kier alpha value is -1.09. The van der Waals surface area contributed by atoms with E-state index in [1.54, 1.807) is 0 Å². The van der Waals surface area contributed by atoms with Gasteiger partial charge in [0.2, 0.25) is 0 Å². The van der Waals surface area contributed by atoms with Crippen LogP contribution < -0.4 is 0 Å². The average molecular weight is 208 g/mol. The Labute approximate surface area is 89.4 Å². The fourth-order valence-corrected chi connectivity index (χ4v) is 2.18. The molecule has 0 saturated carbocycles. The van der Waals surface area contributed by atoms with E-state index >= 15 is 0 Å². The van der Waals surface area contributed by atoms with E-state index in [0.717, 1.165) is 24.8 Å². The van der Waals surface area contributed by atoms with Gasteiger partial charge in [-0.05, 0) is 24.8 Å². The van der Waals surface area contributed by atoms with Gasteiger partial charge in [-0.1, -0.05) is 25.5 Å². The van der Waals surface area contributed by atoms with E-state index in [0.29, 0.717) is 12.0 Å². The normalized spacial score (nSPS) is 26.5. The maximum absolute atomic E-state index is 11.5. The van der Waals surface area contributed by atoms with E-state index in [1.165, 1.54) is 0 Å². The van der Waals surface area contributed by atoms with Crippen molar-refractivity contribution in [3.05, 3.63) is 23.3 Å². The Balaban J connectivity index is 2.19. The number of aliphatic hydroxyl groups is 1. The number of allylic oxidation sites excluding steroid dienone is 1. The molecule has 1 N–H and O–H groups in total. The number of hydrogen-bond donors (Lipinski definition) is 1. The lowest BCUT2D eigenvalue weighted by atomic mass is 9.92. The highest BCUT2D eigenvalue weighted by Crippen LogP contribution is 2.33. The Morgan fingerprint density at radius 1 is 1.67 bits per heavy atom. The number of hydrogen-bond acceptors (Lipinski definition) is 3. The first-order valence-corrected chi connectivity index (χ1v) is 5.52. The first-order chi connectivity index (χ1) is 7.24. The molecule has 0 radical (unpaired) electrons. The van der Waals surface area contributed by atoms with Crippen LogP contribution in [0.5, 0.6) is 0 Å². The maximum Gasteiger partial charge on any atom is 0.338 e. The van der Waals surface area contributed by atoms with Gasteiger partial charge in [0.1, 0.15) is 0 Å². The van der Waals surface area contributed by atoms with Gasteiger partial charge < -0.3 is 9.84 Å². The molecule has 1 aliphatic carbocycles. The molecule has 2 atom stereocenters. The van der Waals surface area contributed by atoms with Crippen molar-refractivity contribution in [1.82, 2.24) is 0 Å². The molecule has 2 aliphatic rings. The lowest BCUT2D eigenvalue weighted by Crippen LogP contribution is -2.28. The fraction of sp³-hybridized carbons (Fsp3) is 0.583. The van der Waals surface area contributed by atoms with Gasteiger partial charge in [-0.15, -0.1) is 0 Å². The Morgan fingerprint density at radius 2 is 2.47 bits per heavy atom. The van der Waals surface area contributed by atoms with Crippen molar-refractivity contribution in [2.24, 2.45) is 0 Å². The Bertz CT molecular complexity index is 328. The summed E-state index contributed by atoms with van der Waals surface area (Å²) in [5.74, 6) is -0.277. The third-order valence-electron chi connectivity index (χ3n) is 2.94. The van der Waals surface area contributed by atoms with Crippen LogP contribution in [0.25, 0.3) is 0 Å². The summed E-state index contributed by atoms with van der Waals surface area (Å²) in [5, 5.41) is 9.87. The van der Waals surface area contributed by atoms with Crippen molar-refractivity contribution in [2.75, 3.05) is 0 Å². The van der Waals surface area contributed by atoms with Crippen molar-refractivity contribution in [2.45, 2.75) is 44.8 Å². The van der Waals surface area contributed by atoms with Crippen LogP contribution in [0, 0.1) is 0 Å². The number of cyclic esters (lactones) is 1. The van der Waals surface area contributed by atoms with Gasteiger partial charge in [0.25, 0.3) is 0 Å². The molecule has 1 aliphatic heterocycles. The first kappa shape index (κ1) is 10.4. The van der Waals surface area contributed by atoms with Gasteiger partial charge in [-0.3, -0.25) is 0 Å². The van der Waals surface area contributed by atoms with Crippen molar-refractivity contribution in [1.29, 1.82) is 0 Å². The Kier molecular flexibility index (Phi) is 2.91. The second-order valence-corrected chi connectivity index (χ2v) is 4.06. The van der Waals surface area contributed by atoms with Crippen LogP contribution >= 0.6 is 0 Å². The van der Waals surface area contributed by atoms with E-state index in [2.05, 4.69) is 0 Å². The van der Waals surface area contributed by atoms with Crippen LogP contribution in [0.3, 0.4) is 0 Å². The number of rotatable bonds is 3. The van der Waals surface area contributed by atoms with E-state index in [4.69, 9.17) is 4.74 Å². The van der Waals surface area contributed by atoms with Crippen LogP contribution in [0.2, 0.25) is 0 Å². The fourth-order valence-electron chi connectivity index (χ4n) is 2.18. The zero-order valence-electron chi connectivity index (χ0n) is 8.90. The summed E-state index contributed by atoms with van der Waals surface area (Å²) in [4.78, 5) is 11.5. The van der Waals surface area contributed by atoms with Gasteiger partial charge in [-0.25, -0.2) is 4.79 Å². The summed E-state index contributed by atoms with van der Waals surface area (Å²) < 4.78 is 5.21. The second-order valence-electron chi connectivity index (χ2n) is 4.06. The van der Waals surface area contributed by atoms with Gasteiger partial charge in [0.15, 0.2) is 6.10 Å². The van der Waals surface area contributed by atoms with Crippen LogP contribution in [-0.2, 0) is 9.53 Å². The van der Waals surface area contributed by atoms with Gasteiger partial charge in [-0.2, -0.15) is 0 Å². The largest absolute Gasteiger partial charge is 0.451 e. The summed E-state index contributed by atoms with van der Waals surface area (Å²) in [7, 11) is 0. The first-order valence-electron chi connectivity index (χ1n) is 5.52. The summed E-state index contributed by atoms with van der Waals surface area (Å²) >= 11 is 0. The average Bonchev–Trinajstić information content (AvgIpc) is 2.58. The molecular formula is C12H16O3. The number of ether oxygens (including phenoxy) is 1. The Morgan fingerprint density at radius 3 is 3.20 bits per heavy atom. The molecule has 0 aromatic rings. The van der Waals surface area contributed by atoms with Crippen LogP contribution in [0.1, 0.15) is 32.6 Å². The molecule has 82 valence electrons. The minimum atomic E-state index is -0.544. The van der Waals surface area contributed by atoms with Gasteiger partial charge >= 0.3 is 5.97 Å². The predicted octanol–water partition coefficient (Wildman–Crippen LogP) is 1.72. The van der Waals surface area contributed by atoms with E-state index in [9.17, 15) is 9.90 Å². The number of carbonyl (C=O) groups excluding carboxylic acids is 1. The van der Waals surface area contributed by atoms with Gasteiger partial charge in [0.05, 0.1) is 11.7 Å². The highest BCUT2D eigenvalue weighted by atomic mass is 16.6. The topological polar surface area (TPSA) is 46.5 Å². The molecule has 0 amide bonds. The number of aliphatic hydroxyl groups excluding tert-OH is 1. The summed E-state index contributed by atoms with van der Waals surface area (Å²) in [5.41, 5.74) is 1.66. The second kappa shape index (κ2) is 4.19. The summed E-state index contributed by atoms with van der Waals surface area (Å²) in [6.07, 6.45) is 6.21. The van der Waals surface area contributed by atoms with E-state index in [1.807, 2.05) is 19.1 Å². The monoisotopic (exact) mass is 208 g/mol. The number of carbonyl (C=O) groups is 1. The SMILES string of the molecule is CCCC(O)C1OC(=O)C2=C1CCC=C2. The number of esters is 1. The molecule has 0 fully saturated rings. The highest BCUT2D eigenvalue weighted by molar-refractivity contribution is 5.95. The van der Waals surface area contributed by atoms with Crippen LogP contribution in [0.15, 0.2) is 23.3 Å². The quantitative estimate of drug-likeness (QED) is 0.718. The van der Waals surface area contributed by atoms with Crippen molar-refractivity contribution in [3.8, 4) is 0 Å². The molecule has 15 heavy (non-hydrogen) atoms. The lowest BCUT2D eigenvalue weighted by molar-refractivity contribution is -0.143. The molecule has 0 spiro atoms. The standard InChI is InChI=1S/C12H16O3/c1-2-5-10(13)11-8-6-3-4-7-9(8)12(14)15-11/h4,7,10-11,13H,2-3,5-6H2,1H3. The highest BCUT2D eigenvalue weighted by Gasteiger charge is 2.37. The lowest BCUT2D eigenvalue weighted by Gasteiger charge is -2.20. The third-order valence-corrected chi connectivity index (χ3v) is 2.94. The molecule has 3 heteroatoms.